The van der Waals surface area contributed by atoms with E-state index in [1.165, 1.54) is 48.5 Å². The predicted octanol–water partition coefficient (Wildman–Crippen LogP) is 3.36. The highest BCUT2D eigenvalue weighted by Crippen LogP contribution is 2.31. The zero-order valence-corrected chi connectivity index (χ0v) is 14.5. The van der Waals surface area contributed by atoms with Crippen molar-refractivity contribution in [1.82, 2.24) is 15.4 Å². The molecule has 0 bridgehead atoms. The Balaban J connectivity index is 1.81. The molecule has 2 N–H and O–H groups in total. The largest absolute Gasteiger partial charge is 0.417 e. The Labute approximate surface area is 160 Å². The minimum atomic E-state index is -4.58. The van der Waals surface area contributed by atoms with Crippen molar-refractivity contribution in [3.8, 4) is 11.3 Å². The molecular weight excluding hydrogens is 392 g/mol. The molecule has 0 spiro atoms. The van der Waals surface area contributed by atoms with Crippen LogP contribution in [0.2, 0.25) is 0 Å². The third-order valence-corrected chi connectivity index (χ3v) is 3.77. The van der Waals surface area contributed by atoms with E-state index in [9.17, 15) is 27.2 Å². The summed E-state index contributed by atoms with van der Waals surface area (Å²) in [5.41, 5.74) is 0.364. The third-order valence-electron chi connectivity index (χ3n) is 3.77. The fourth-order valence-corrected chi connectivity index (χ4v) is 2.44. The molecule has 6 nitrogen and oxygen atoms in total. The molecule has 0 aliphatic heterocycles. The van der Waals surface area contributed by atoms with Crippen molar-refractivity contribution in [2.24, 2.45) is 5.10 Å². The third kappa shape index (κ3) is 4.92. The zero-order chi connectivity index (χ0) is 21.0. The average molecular weight is 404 g/mol. The normalized spacial score (nSPS) is 11.6. The van der Waals surface area contributed by atoms with Gasteiger partial charge in [0, 0.05) is 11.1 Å². The molecule has 2 aromatic carbocycles. The Kier molecular flexibility index (Phi) is 5.53. The molecule has 3 aromatic rings. The summed E-state index contributed by atoms with van der Waals surface area (Å²) < 4.78 is 51.9. The number of carbonyl (C=O) groups excluding carboxylic acids is 1. The molecule has 0 radical (unpaired) electrons. The number of rotatable bonds is 4. The number of halogens is 4. The number of nitrogens with zero attached hydrogens (tertiary/aromatic N) is 2. The first-order valence-electron chi connectivity index (χ1n) is 8.11. The van der Waals surface area contributed by atoms with Crippen LogP contribution >= 0.6 is 0 Å². The van der Waals surface area contributed by atoms with Crippen molar-refractivity contribution in [1.29, 1.82) is 0 Å². The van der Waals surface area contributed by atoms with Crippen LogP contribution in [0.15, 0.2) is 64.5 Å². The van der Waals surface area contributed by atoms with Gasteiger partial charge in [-0.1, -0.05) is 18.2 Å². The van der Waals surface area contributed by atoms with Crippen LogP contribution in [0.5, 0.6) is 0 Å². The van der Waals surface area contributed by atoms with Crippen LogP contribution in [0.4, 0.5) is 17.6 Å². The van der Waals surface area contributed by atoms with E-state index >= 15 is 0 Å². The van der Waals surface area contributed by atoms with Crippen molar-refractivity contribution in [3.05, 3.63) is 87.7 Å². The number of hydrogen-bond acceptors (Lipinski definition) is 4. The van der Waals surface area contributed by atoms with E-state index in [0.29, 0.717) is 5.56 Å². The molecule has 0 aliphatic rings. The standard InChI is InChI=1S/C19H12F4N4O2/c20-13-7-5-11(6-8-13)15-9-16(26-18(29)25-15)17(28)27-24-10-12-3-1-2-4-14(12)19(21,22)23/h1-10H,(H,27,28)(H,25,26,29)/b24-10+. The first-order chi connectivity index (χ1) is 13.7. The van der Waals surface area contributed by atoms with Crippen LogP contribution in [0, 0.1) is 5.82 Å². The molecule has 148 valence electrons. The first-order valence-corrected chi connectivity index (χ1v) is 8.11. The number of carbonyl (C=O) groups is 1. The molecule has 3 rings (SSSR count). The van der Waals surface area contributed by atoms with Gasteiger partial charge in [-0.15, -0.1) is 0 Å². The predicted molar refractivity (Wildman–Crippen MR) is 96.8 cm³/mol. The minimum absolute atomic E-state index is 0.116. The SMILES string of the molecule is O=C(N/N=C/c1ccccc1C(F)(F)F)c1cc(-c2ccc(F)cc2)nc(=O)[nH]1. The molecule has 0 atom stereocenters. The quantitative estimate of drug-likeness (QED) is 0.397. The molecule has 0 aliphatic carbocycles. The highest BCUT2D eigenvalue weighted by Gasteiger charge is 2.32. The van der Waals surface area contributed by atoms with Crippen LogP contribution in [0.25, 0.3) is 11.3 Å². The maximum atomic E-state index is 13.0. The fraction of sp³-hybridized carbons (Fsp3) is 0.0526. The van der Waals surface area contributed by atoms with Crippen molar-refractivity contribution < 1.29 is 22.4 Å². The molecule has 0 saturated carbocycles. The summed E-state index contributed by atoms with van der Waals surface area (Å²) in [7, 11) is 0. The number of hydrazone groups is 1. The van der Waals surface area contributed by atoms with Gasteiger partial charge in [0.05, 0.1) is 17.5 Å². The molecule has 1 amide bonds. The molecule has 0 unspecified atom stereocenters. The van der Waals surface area contributed by atoms with E-state index in [4.69, 9.17) is 0 Å². The van der Waals surface area contributed by atoms with E-state index in [0.717, 1.165) is 12.3 Å². The van der Waals surface area contributed by atoms with Crippen LogP contribution in [0.1, 0.15) is 21.6 Å². The lowest BCUT2D eigenvalue weighted by Crippen LogP contribution is -2.24. The summed E-state index contributed by atoms with van der Waals surface area (Å²) in [5, 5.41) is 3.52. The lowest BCUT2D eigenvalue weighted by atomic mass is 10.1. The molecule has 1 aromatic heterocycles. The van der Waals surface area contributed by atoms with E-state index < -0.39 is 29.2 Å². The van der Waals surface area contributed by atoms with Crippen LogP contribution in [-0.4, -0.2) is 22.1 Å². The fourth-order valence-electron chi connectivity index (χ4n) is 2.44. The highest BCUT2D eigenvalue weighted by atomic mass is 19.4. The van der Waals surface area contributed by atoms with Gasteiger partial charge < -0.3 is 4.98 Å². The van der Waals surface area contributed by atoms with Gasteiger partial charge in [0.2, 0.25) is 0 Å². The lowest BCUT2D eigenvalue weighted by molar-refractivity contribution is -0.137. The Morgan fingerprint density at radius 3 is 2.48 bits per heavy atom. The number of benzene rings is 2. The van der Waals surface area contributed by atoms with Gasteiger partial charge in [-0.25, -0.2) is 14.6 Å². The Morgan fingerprint density at radius 2 is 1.79 bits per heavy atom. The summed E-state index contributed by atoms with van der Waals surface area (Å²) in [6.45, 7) is 0. The number of nitrogens with one attached hydrogen (secondary N) is 2. The van der Waals surface area contributed by atoms with Gasteiger partial charge in [0.25, 0.3) is 5.91 Å². The van der Waals surface area contributed by atoms with Gasteiger partial charge in [-0.2, -0.15) is 23.3 Å². The second kappa shape index (κ2) is 8.05. The molecule has 0 saturated heterocycles. The average Bonchev–Trinajstić information content (AvgIpc) is 2.67. The molecule has 0 fully saturated rings. The van der Waals surface area contributed by atoms with Gasteiger partial charge in [-0.05, 0) is 36.4 Å². The smallest absolute Gasteiger partial charge is 0.301 e. The van der Waals surface area contributed by atoms with E-state index in [1.807, 2.05) is 5.43 Å². The maximum Gasteiger partial charge on any atom is 0.417 e. The Morgan fingerprint density at radius 1 is 1.10 bits per heavy atom. The molecule has 29 heavy (non-hydrogen) atoms. The van der Waals surface area contributed by atoms with Crippen molar-refractivity contribution in [3.63, 3.8) is 0 Å². The molecule has 10 heteroatoms. The number of amides is 1. The number of aromatic nitrogens is 2. The zero-order valence-electron chi connectivity index (χ0n) is 14.5. The lowest BCUT2D eigenvalue weighted by Gasteiger charge is -2.09. The van der Waals surface area contributed by atoms with Crippen molar-refractivity contribution in [2.75, 3.05) is 0 Å². The van der Waals surface area contributed by atoms with Gasteiger partial charge in [0.1, 0.15) is 11.5 Å². The summed E-state index contributed by atoms with van der Waals surface area (Å²) in [6, 6.07) is 11.0. The summed E-state index contributed by atoms with van der Waals surface area (Å²) in [6.07, 6.45) is -3.73. The van der Waals surface area contributed by atoms with Crippen molar-refractivity contribution >= 4 is 12.1 Å². The van der Waals surface area contributed by atoms with Gasteiger partial charge in [0.15, 0.2) is 0 Å². The number of aromatic amines is 1. The topological polar surface area (TPSA) is 87.2 Å². The van der Waals surface area contributed by atoms with Crippen LogP contribution < -0.4 is 11.1 Å². The summed E-state index contributed by atoms with van der Waals surface area (Å²) >= 11 is 0. The van der Waals surface area contributed by atoms with Gasteiger partial charge >= 0.3 is 11.9 Å². The second-order valence-corrected chi connectivity index (χ2v) is 5.78. The van der Waals surface area contributed by atoms with Gasteiger partial charge in [-0.3, -0.25) is 4.79 Å². The molecule has 1 heterocycles. The van der Waals surface area contributed by atoms with Crippen LogP contribution in [-0.2, 0) is 6.18 Å². The molecular formula is C19H12F4N4O2. The Bertz CT molecular complexity index is 1120. The summed E-state index contributed by atoms with van der Waals surface area (Å²) in [4.78, 5) is 29.8. The minimum Gasteiger partial charge on any atom is -0.301 e. The van der Waals surface area contributed by atoms with E-state index in [-0.39, 0.29) is 17.0 Å². The summed E-state index contributed by atoms with van der Waals surface area (Å²) in [5.74, 6) is -1.35. The van der Waals surface area contributed by atoms with Crippen molar-refractivity contribution in [2.45, 2.75) is 6.18 Å². The monoisotopic (exact) mass is 404 g/mol. The first kappa shape index (κ1) is 19.9. The highest BCUT2D eigenvalue weighted by molar-refractivity contribution is 5.94. The number of alkyl halides is 3. The second-order valence-electron chi connectivity index (χ2n) is 5.78. The van der Waals surface area contributed by atoms with E-state index in [1.54, 1.807) is 0 Å². The maximum absolute atomic E-state index is 13.0. The van der Waals surface area contributed by atoms with E-state index in [2.05, 4.69) is 15.1 Å². The number of hydrogen-bond donors (Lipinski definition) is 2. The van der Waals surface area contributed by atoms with Crippen LogP contribution in [0.3, 0.4) is 0 Å². The Hall–Kier alpha value is -3.82. The number of H-pyrrole nitrogens is 1.